The normalized spacial score (nSPS) is 10.4. The number of hydrogen-bond donors (Lipinski definition) is 1. The lowest BCUT2D eigenvalue weighted by atomic mass is 10.2. The summed E-state index contributed by atoms with van der Waals surface area (Å²) in [5.41, 5.74) is 1.94. The van der Waals surface area contributed by atoms with Crippen LogP contribution in [-0.2, 0) is 0 Å². The van der Waals surface area contributed by atoms with Gasteiger partial charge in [-0.2, -0.15) is 0 Å². The van der Waals surface area contributed by atoms with E-state index in [0.717, 1.165) is 16.1 Å². The Bertz CT molecular complexity index is 480. The Balaban J connectivity index is 2.26. The molecule has 0 aliphatic carbocycles. The lowest BCUT2D eigenvalue weighted by molar-refractivity contribution is 0.452. The molecule has 2 aromatic rings. The van der Waals surface area contributed by atoms with E-state index in [-0.39, 0.29) is 5.75 Å². The number of aromatic hydroxyl groups is 1. The molecule has 0 saturated carbocycles. The molecule has 1 N–H and O–H groups in total. The van der Waals surface area contributed by atoms with Gasteiger partial charge < -0.3 is 9.84 Å². The van der Waals surface area contributed by atoms with Crippen molar-refractivity contribution in [2.45, 2.75) is 20.8 Å². The maximum Gasteiger partial charge on any atom is 0.279 e. The predicted molar refractivity (Wildman–Crippen MR) is 64.5 cm³/mol. The zero-order valence-corrected chi connectivity index (χ0v) is 10.3. The van der Waals surface area contributed by atoms with Crippen molar-refractivity contribution in [3.05, 3.63) is 34.3 Å². The van der Waals surface area contributed by atoms with Crippen LogP contribution < -0.4 is 4.74 Å². The number of ether oxygens (including phenoxy) is 1. The smallest absolute Gasteiger partial charge is 0.279 e. The van der Waals surface area contributed by atoms with Crippen LogP contribution in [0, 0.1) is 20.8 Å². The van der Waals surface area contributed by atoms with E-state index >= 15 is 0 Å². The fourth-order valence-corrected chi connectivity index (χ4v) is 2.15. The minimum absolute atomic E-state index is 0.208. The van der Waals surface area contributed by atoms with Crippen molar-refractivity contribution >= 4 is 11.3 Å². The molecular weight excluding hydrogens is 222 g/mol. The highest BCUT2D eigenvalue weighted by Gasteiger charge is 2.06. The number of aromatic nitrogens is 1. The van der Waals surface area contributed by atoms with Crippen LogP contribution in [0.2, 0.25) is 0 Å². The minimum atomic E-state index is 0.208. The van der Waals surface area contributed by atoms with E-state index in [9.17, 15) is 5.11 Å². The molecule has 1 aromatic heterocycles. The summed E-state index contributed by atoms with van der Waals surface area (Å²) in [5, 5.41) is 10.0. The molecule has 0 spiro atoms. The Labute approximate surface area is 98.4 Å². The van der Waals surface area contributed by atoms with Crippen molar-refractivity contribution < 1.29 is 9.84 Å². The first-order valence-electron chi connectivity index (χ1n) is 4.97. The molecule has 84 valence electrons. The summed E-state index contributed by atoms with van der Waals surface area (Å²) in [6, 6.07) is 5.13. The molecule has 1 heterocycles. The quantitative estimate of drug-likeness (QED) is 0.865. The van der Waals surface area contributed by atoms with Gasteiger partial charge in [0.05, 0.1) is 5.69 Å². The second-order valence-electron chi connectivity index (χ2n) is 3.73. The zero-order valence-electron chi connectivity index (χ0n) is 9.44. The molecule has 0 aliphatic rings. The molecule has 1 aromatic carbocycles. The van der Waals surface area contributed by atoms with Crippen LogP contribution in [0.1, 0.15) is 16.1 Å². The summed E-state index contributed by atoms with van der Waals surface area (Å²) in [5.74, 6) is 0.825. The fourth-order valence-electron chi connectivity index (χ4n) is 1.38. The Morgan fingerprint density at radius 3 is 2.50 bits per heavy atom. The van der Waals surface area contributed by atoms with Crippen molar-refractivity contribution in [3.8, 4) is 16.7 Å². The van der Waals surface area contributed by atoms with Crippen LogP contribution in [0.5, 0.6) is 16.7 Å². The van der Waals surface area contributed by atoms with Gasteiger partial charge in [0.2, 0.25) is 0 Å². The highest BCUT2D eigenvalue weighted by molar-refractivity contribution is 7.13. The highest BCUT2D eigenvalue weighted by atomic mass is 32.1. The van der Waals surface area contributed by atoms with E-state index in [1.165, 1.54) is 11.3 Å². The molecule has 2 rings (SSSR count). The van der Waals surface area contributed by atoms with Gasteiger partial charge in [-0.15, -0.1) is 0 Å². The molecule has 0 saturated heterocycles. The van der Waals surface area contributed by atoms with Gasteiger partial charge in [0, 0.05) is 10.9 Å². The third-order valence-corrected chi connectivity index (χ3v) is 3.20. The minimum Gasteiger partial charge on any atom is -0.508 e. The number of aryl methyl sites for hydroxylation is 3. The molecule has 3 nitrogen and oxygen atoms in total. The van der Waals surface area contributed by atoms with Gasteiger partial charge in [-0.1, -0.05) is 11.3 Å². The summed E-state index contributed by atoms with van der Waals surface area (Å²) in [7, 11) is 0. The van der Waals surface area contributed by atoms with E-state index in [1.54, 1.807) is 12.1 Å². The Morgan fingerprint density at radius 2 is 1.94 bits per heavy atom. The van der Waals surface area contributed by atoms with Crippen LogP contribution in [0.25, 0.3) is 0 Å². The predicted octanol–water partition coefficient (Wildman–Crippen LogP) is 3.57. The number of thiazole rings is 1. The average molecular weight is 235 g/mol. The first-order chi connectivity index (χ1) is 7.54. The topological polar surface area (TPSA) is 42.4 Å². The second-order valence-corrected chi connectivity index (χ2v) is 4.89. The van der Waals surface area contributed by atoms with E-state index in [4.69, 9.17) is 4.74 Å². The first kappa shape index (κ1) is 11.0. The monoisotopic (exact) mass is 235 g/mol. The molecule has 4 heteroatoms. The van der Waals surface area contributed by atoms with Gasteiger partial charge in [0.1, 0.15) is 11.5 Å². The molecule has 0 radical (unpaired) electrons. The summed E-state index contributed by atoms with van der Waals surface area (Å²) >= 11 is 1.51. The number of rotatable bonds is 2. The van der Waals surface area contributed by atoms with Crippen LogP contribution in [0.4, 0.5) is 0 Å². The largest absolute Gasteiger partial charge is 0.508 e. The van der Waals surface area contributed by atoms with E-state index in [1.807, 2.05) is 26.8 Å². The Kier molecular flexibility index (Phi) is 2.83. The lowest BCUT2D eigenvalue weighted by Crippen LogP contribution is -1.84. The molecule has 0 amide bonds. The molecule has 0 fully saturated rings. The van der Waals surface area contributed by atoms with Crippen LogP contribution in [-0.4, -0.2) is 10.1 Å². The van der Waals surface area contributed by atoms with E-state index < -0.39 is 0 Å². The third kappa shape index (κ3) is 2.33. The van der Waals surface area contributed by atoms with Gasteiger partial charge in [0.15, 0.2) is 0 Å². The van der Waals surface area contributed by atoms with Crippen molar-refractivity contribution in [1.82, 2.24) is 4.98 Å². The number of benzene rings is 1. The first-order valence-corrected chi connectivity index (χ1v) is 5.79. The number of nitrogens with zero attached hydrogens (tertiary/aromatic N) is 1. The van der Waals surface area contributed by atoms with Crippen molar-refractivity contribution in [1.29, 1.82) is 0 Å². The van der Waals surface area contributed by atoms with Crippen LogP contribution >= 0.6 is 11.3 Å². The highest BCUT2D eigenvalue weighted by Crippen LogP contribution is 2.30. The van der Waals surface area contributed by atoms with Crippen molar-refractivity contribution in [2.24, 2.45) is 0 Å². The number of phenolic OH excluding ortho intramolecular Hbond substituents is 1. The third-order valence-electron chi connectivity index (χ3n) is 2.25. The standard InChI is InChI=1S/C12H13NO2S/c1-7-4-10(14)6-11(5-7)15-12-13-8(2)9(3)16-12/h4-6,14H,1-3H3. The fraction of sp³-hybridized carbons (Fsp3) is 0.250. The van der Waals surface area contributed by atoms with E-state index in [2.05, 4.69) is 4.98 Å². The summed E-state index contributed by atoms with van der Waals surface area (Å²) in [6.07, 6.45) is 0. The molecule has 0 bridgehead atoms. The maximum atomic E-state index is 9.43. The summed E-state index contributed by atoms with van der Waals surface area (Å²) < 4.78 is 5.59. The summed E-state index contributed by atoms with van der Waals surface area (Å²) in [6.45, 7) is 5.87. The molecular formula is C12H13NO2S. The van der Waals surface area contributed by atoms with Crippen LogP contribution in [0.15, 0.2) is 18.2 Å². The van der Waals surface area contributed by atoms with Crippen LogP contribution in [0.3, 0.4) is 0 Å². The second kappa shape index (κ2) is 4.14. The maximum absolute atomic E-state index is 9.43. The summed E-state index contributed by atoms with van der Waals surface area (Å²) in [4.78, 5) is 5.42. The van der Waals surface area contributed by atoms with Gasteiger partial charge in [0.25, 0.3) is 5.19 Å². The molecule has 0 unspecified atom stereocenters. The Hall–Kier alpha value is -1.55. The zero-order chi connectivity index (χ0) is 11.7. The van der Waals surface area contributed by atoms with Gasteiger partial charge in [-0.3, -0.25) is 0 Å². The lowest BCUT2D eigenvalue weighted by Gasteiger charge is -2.03. The van der Waals surface area contributed by atoms with Gasteiger partial charge >= 0.3 is 0 Å². The van der Waals surface area contributed by atoms with Crippen molar-refractivity contribution in [3.63, 3.8) is 0 Å². The van der Waals surface area contributed by atoms with E-state index in [0.29, 0.717) is 10.9 Å². The Morgan fingerprint density at radius 1 is 1.19 bits per heavy atom. The number of hydrogen-bond acceptors (Lipinski definition) is 4. The molecule has 16 heavy (non-hydrogen) atoms. The van der Waals surface area contributed by atoms with Gasteiger partial charge in [-0.25, -0.2) is 4.98 Å². The number of phenols is 1. The van der Waals surface area contributed by atoms with Crippen molar-refractivity contribution in [2.75, 3.05) is 0 Å². The SMILES string of the molecule is Cc1cc(O)cc(Oc2nc(C)c(C)s2)c1. The molecule has 0 atom stereocenters. The molecule has 0 aliphatic heterocycles. The average Bonchev–Trinajstić information content (AvgIpc) is 2.43. The van der Waals surface area contributed by atoms with Gasteiger partial charge in [-0.05, 0) is 38.5 Å².